The summed E-state index contributed by atoms with van der Waals surface area (Å²) in [4.78, 5) is 9.45. The molecule has 2 bridgehead atoms. The van der Waals surface area contributed by atoms with E-state index < -0.39 is 11.6 Å². The highest BCUT2D eigenvalue weighted by Crippen LogP contribution is 2.48. The van der Waals surface area contributed by atoms with E-state index in [1.54, 1.807) is 11.3 Å². The fourth-order valence-corrected chi connectivity index (χ4v) is 5.78. The number of fused-ring (bicyclic) bond motifs is 2. The van der Waals surface area contributed by atoms with E-state index in [1.807, 2.05) is 11.6 Å². The van der Waals surface area contributed by atoms with Gasteiger partial charge in [0.15, 0.2) is 5.13 Å². The Balaban J connectivity index is 1.58. The van der Waals surface area contributed by atoms with Gasteiger partial charge in [-0.25, -0.2) is 13.8 Å². The number of nitrogens with zero attached hydrogens (tertiary/aromatic N) is 3. The van der Waals surface area contributed by atoms with Gasteiger partial charge in [-0.2, -0.15) is 0 Å². The van der Waals surface area contributed by atoms with Gasteiger partial charge in [-0.1, -0.05) is 0 Å². The van der Waals surface area contributed by atoms with E-state index in [0.717, 1.165) is 36.4 Å². The van der Waals surface area contributed by atoms with E-state index >= 15 is 0 Å². The number of anilines is 1. The molecule has 2 aromatic rings. The van der Waals surface area contributed by atoms with E-state index in [9.17, 15) is 8.78 Å². The second kappa shape index (κ2) is 5.49. The van der Waals surface area contributed by atoms with Gasteiger partial charge in [-0.05, 0) is 49.5 Å². The van der Waals surface area contributed by atoms with E-state index in [1.165, 1.54) is 25.0 Å². The summed E-state index contributed by atoms with van der Waals surface area (Å²) in [6, 6.07) is 4.73. The average Bonchev–Trinajstić information content (AvgIpc) is 3.23. The zero-order valence-corrected chi connectivity index (χ0v) is 14.1. The van der Waals surface area contributed by atoms with Crippen LogP contribution in [-0.2, 0) is 0 Å². The van der Waals surface area contributed by atoms with Crippen LogP contribution in [-0.4, -0.2) is 41.6 Å². The third-order valence-corrected chi connectivity index (χ3v) is 6.78. The third kappa shape index (κ3) is 2.19. The van der Waals surface area contributed by atoms with Crippen molar-refractivity contribution in [2.75, 3.05) is 24.5 Å². The summed E-state index contributed by atoms with van der Waals surface area (Å²) in [7, 11) is 0. The maximum Gasteiger partial charge on any atom is 0.185 e. The molecular weight excluding hydrogens is 328 g/mol. The molecule has 0 radical (unpaired) electrons. The summed E-state index contributed by atoms with van der Waals surface area (Å²) >= 11 is 1.65. The predicted molar refractivity (Wildman–Crippen MR) is 90.4 cm³/mol. The molecule has 24 heavy (non-hydrogen) atoms. The molecule has 6 heteroatoms. The maximum atomic E-state index is 13.8. The quantitative estimate of drug-likeness (QED) is 0.829. The molecule has 1 aromatic heterocycles. The Hall–Kier alpha value is -1.53. The van der Waals surface area contributed by atoms with Crippen molar-refractivity contribution in [3.05, 3.63) is 47.0 Å². The molecule has 4 saturated heterocycles. The molecule has 3 nitrogen and oxygen atoms in total. The molecule has 5 heterocycles. The van der Waals surface area contributed by atoms with Crippen LogP contribution < -0.4 is 4.90 Å². The van der Waals surface area contributed by atoms with Crippen LogP contribution >= 0.6 is 11.3 Å². The van der Waals surface area contributed by atoms with Gasteiger partial charge in [0.25, 0.3) is 0 Å². The molecule has 4 fully saturated rings. The fourth-order valence-electron chi connectivity index (χ4n) is 5.08. The van der Waals surface area contributed by atoms with Gasteiger partial charge < -0.3 is 4.90 Å². The Morgan fingerprint density at radius 1 is 1.04 bits per heavy atom. The zero-order valence-electron chi connectivity index (χ0n) is 13.2. The Labute approximate surface area is 143 Å². The Bertz CT molecular complexity index is 722. The summed E-state index contributed by atoms with van der Waals surface area (Å²) < 4.78 is 27.6. The molecule has 0 saturated carbocycles. The number of hydrogen-bond donors (Lipinski definition) is 0. The molecule has 6 rings (SSSR count). The molecule has 0 spiro atoms. The van der Waals surface area contributed by atoms with Crippen molar-refractivity contribution in [2.45, 2.75) is 30.8 Å². The second-order valence-electron chi connectivity index (χ2n) is 7.13. The van der Waals surface area contributed by atoms with Gasteiger partial charge in [0, 0.05) is 36.1 Å². The second-order valence-corrected chi connectivity index (χ2v) is 8.00. The van der Waals surface area contributed by atoms with Crippen molar-refractivity contribution in [2.24, 2.45) is 5.92 Å². The third-order valence-electron chi connectivity index (χ3n) is 5.97. The summed E-state index contributed by atoms with van der Waals surface area (Å²) in [5.74, 6) is -0.171. The molecule has 126 valence electrons. The molecule has 4 aliphatic rings. The van der Waals surface area contributed by atoms with Gasteiger partial charge in [0.2, 0.25) is 0 Å². The molecule has 1 aromatic carbocycles. The number of rotatable bonds is 2. The summed E-state index contributed by atoms with van der Waals surface area (Å²) in [5, 5.41) is 3.04. The van der Waals surface area contributed by atoms with Gasteiger partial charge >= 0.3 is 0 Å². The Morgan fingerprint density at radius 2 is 1.79 bits per heavy atom. The lowest BCUT2D eigenvalue weighted by molar-refractivity contribution is 0.0355. The lowest BCUT2D eigenvalue weighted by Gasteiger charge is -2.51. The summed E-state index contributed by atoms with van der Waals surface area (Å²) in [6.07, 6.45) is 4.27. The molecule has 3 atom stereocenters. The van der Waals surface area contributed by atoms with Crippen LogP contribution in [0.1, 0.15) is 24.3 Å². The van der Waals surface area contributed by atoms with Gasteiger partial charge in [-0.3, -0.25) is 4.90 Å². The van der Waals surface area contributed by atoms with E-state index in [0.29, 0.717) is 18.0 Å². The van der Waals surface area contributed by atoms with Crippen molar-refractivity contribution in [3.63, 3.8) is 0 Å². The van der Waals surface area contributed by atoms with Gasteiger partial charge in [0.1, 0.15) is 11.6 Å². The van der Waals surface area contributed by atoms with E-state index in [-0.39, 0.29) is 5.92 Å². The fraction of sp³-hybridized carbons (Fsp3) is 0.500. The van der Waals surface area contributed by atoms with Crippen LogP contribution in [0.2, 0.25) is 0 Å². The smallest absolute Gasteiger partial charge is 0.185 e. The van der Waals surface area contributed by atoms with Crippen LogP contribution in [0.5, 0.6) is 0 Å². The standard InChI is InChI=1S/C18H19F2N3S/c19-13-7-12(8-14(20)9-13)15-10-23(18-21-3-6-24-18)16-11-1-4-22(5-2-11)17(15)16/h3,6-9,11,15-17H,1-2,4-5,10H2/t15-,16-,17-/m1/s1. The maximum absolute atomic E-state index is 13.8. The zero-order chi connectivity index (χ0) is 16.3. The highest BCUT2D eigenvalue weighted by atomic mass is 32.1. The first-order valence-electron chi connectivity index (χ1n) is 8.57. The number of piperidine rings is 3. The van der Waals surface area contributed by atoms with Gasteiger partial charge in [-0.15, -0.1) is 11.3 Å². The Morgan fingerprint density at radius 3 is 2.46 bits per heavy atom. The molecule has 0 unspecified atom stereocenters. The van der Waals surface area contributed by atoms with Crippen LogP contribution in [0, 0.1) is 17.6 Å². The van der Waals surface area contributed by atoms with Crippen molar-refractivity contribution in [1.29, 1.82) is 0 Å². The minimum absolute atomic E-state index is 0.132. The summed E-state index contributed by atoms with van der Waals surface area (Å²) in [5.41, 5.74) is 0.786. The normalized spacial score (nSPS) is 34.6. The minimum atomic E-state index is -0.481. The van der Waals surface area contributed by atoms with Crippen molar-refractivity contribution < 1.29 is 8.78 Å². The first kappa shape index (κ1) is 14.8. The highest BCUT2D eigenvalue weighted by Gasteiger charge is 2.54. The van der Waals surface area contributed by atoms with E-state index in [2.05, 4.69) is 14.8 Å². The lowest BCUT2D eigenvalue weighted by atomic mass is 9.75. The lowest BCUT2D eigenvalue weighted by Crippen LogP contribution is -2.60. The Kier molecular flexibility index (Phi) is 3.38. The van der Waals surface area contributed by atoms with Crippen molar-refractivity contribution >= 4 is 16.5 Å². The number of benzene rings is 1. The molecule has 0 N–H and O–H groups in total. The van der Waals surface area contributed by atoms with Crippen molar-refractivity contribution in [1.82, 2.24) is 9.88 Å². The topological polar surface area (TPSA) is 19.4 Å². The average molecular weight is 347 g/mol. The first-order chi connectivity index (χ1) is 11.7. The first-order valence-corrected chi connectivity index (χ1v) is 9.45. The van der Waals surface area contributed by atoms with Gasteiger partial charge in [0.05, 0.1) is 6.04 Å². The van der Waals surface area contributed by atoms with Crippen LogP contribution in [0.25, 0.3) is 0 Å². The number of aromatic nitrogens is 1. The minimum Gasteiger partial charge on any atom is -0.343 e. The van der Waals surface area contributed by atoms with Crippen LogP contribution in [0.4, 0.5) is 13.9 Å². The molecule has 4 aliphatic heterocycles. The summed E-state index contributed by atoms with van der Waals surface area (Å²) in [6.45, 7) is 3.00. The largest absolute Gasteiger partial charge is 0.343 e. The highest BCUT2D eigenvalue weighted by molar-refractivity contribution is 7.13. The SMILES string of the molecule is Fc1cc(F)cc([C@H]2CN(c3nccs3)[C@@H]3C4CCN(CC4)[C@H]23)c1. The number of halogens is 2. The molecule has 0 aliphatic carbocycles. The predicted octanol–water partition coefficient (Wildman–Crippen LogP) is 3.49. The van der Waals surface area contributed by atoms with E-state index in [4.69, 9.17) is 0 Å². The molecular formula is C18H19F2N3S. The monoisotopic (exact) mass is 347 g/mol. The number of thiazole rings is 1. The number of hydrogen-bond acceptors (Lipinski definition) is 4. The molecule has 0 amide bonds. The van der Waals surface area contributed by atoms with Crippen molar-refractivity contribution in [3.8, 4) is 0 Å². The van der Waals surface area contributed by atoms with Crippen LogP contribution in [0.15, 0.2) is 29.8 Å². The van der Waals surface area contributed by atoms with Crippen LogP contribution in [0.3, 0.4) is 0 Å².